The standard InChI is InChI=1S/C5H5FO/c6-4-5-2-1-3-7-5/h1-3H,4H2. The second kappa shape index (κ2) is 1.78. The van der Waals surface area contributed by atoms with Crippen LogP contribution in [0.1, 0.15) is 5.76 Å². The SMILES string of the molecule is FCc1ccco1. The molecular weight excluding hydrogens is 95.1 g/mol. The molecule has 1 rings (SSSR count). The molecule has 2 heteroatoms. The van der Waals surface area contributed by atoms with E-state index in [4.69, 9.17) is 0 Å². The minimum atomic E-state index is -0.507. The number of halogens is 1. The molecule has 0 aliphatic heterocycles. The van der Waals surface area contributed by atoms with Crippen LogP contribution >= 0.6 is 0 Å². The third kappa shape index (κ3) is 0.796. The van der Waals surface area contributed by atoms with Gasteiger partial charge >= 0.3 is 0 Å². The van der Waals surface area contributed by atoms with Gasteiger partial charge in [-0.3, -0.25) is 0 Å². The fourth-order valence-electron chi connectivity index (χ4n) is 0.389. The van der Waals surface area contributed by atoms with Gasteiger partial charge in [0.25, 0.3) is 0 Å². The third-order valence-electron chi connectivity index (χ3n) is 0.712. The number of rotatable bonds is 1. The first kappa shape index (κ1) is 4.37. The molecule has 1 nitrogen and oxygen atoms in total. The molecule has 0 aromatic carbocycles. The fraction of sp³-hybridized carbons (Fsp3) is 0.200. The molecule has 0 saturated carbocycles. The van der Waals surface area contributed by atoms with Gasteiger partial charge in [-0.2, -0.15) is 0 Å². The molecular formula is C5H5FO. The summed E-state index contributed by atoms with van der Waals surface area (Å²) >= 11 is 0. The van der Waals surface area contributed by atoms with Crippen LogP contribution in [0.15, 0.2) is 22.8 Å². The maximum atomic E-state index is 11.5. The molecule has 1 heterocycles. The lowest BCUT2D eigenvalue weighted by atomic mass is 10.5. The lowest BCUT2D eigenvalue weighted by molar-refractivity contribution is 0.393. The van der Waals surface area contributed by atoms with Gasteiger partial charge in [0.15, 0.2) is 0 Å². The van der Waals surface area contributed by atoms with Gasteiger partial charge in [0.1, 0.15) is 12.4 Å². The number of hydrogen-bond acceptors (Lipinski definition) is 1. The summed E-state index contributed by atoms with van der Waals surface area (Å²) in [5, 5.41) is 0. The second-order valence-electron chi connectivity index (χ2n) is 1.21. The number of furan rings is 1. The molecule has 0 saturated heterocycles. The first-order valence-corrected chi connectivity index (χ1v) is 2.02. The van der Waals surface area contributed by atoms with Gasteiger partial charge in [-0.25, -0.2) is 4.39 Å². The first-order valence-electron chi connectivity index (χ1n) is 2.02. The summed E-state index contributed by atoms with van der Waals surface area (Å²) in [7, 11) is 0. The molecule has 0 radical (unpaired) electrons. The summed E-state index contributed by atoms with van der Waals surface area (Å²) in [5.74, 6) is 0.389. The van der Waals surface area contributed by atoms with Gasteiger partial charge in [-0.05, 0) is 12.1 Å². The van der Waals surface area contributed by atoms with Crippen molar-refractivity contribution in [1.82, 2.24) is 0 Å². The molecule has 0 amide bonds. The van der Waals surface area contributed by atoms with Gasteiger partial charge in [-0.15, -0.1) is 0 Å². The minimum Gasteiger partial charge on any atom is -0.467 e. The van der Waals surface area contributed by atoms with Crippen LogP contribution in [-0.2, 0) is 6.67 Å². The molecule has 0 unspecified atom stereocenters. The van der Waals surface area contributed by atoms with E-state index in [0.717, 1.165) is 0 Å². The average molecular weight is 100 g/mol. The van der Waals surface area contributed by atoms with Crippen LogP contribution in [0.4, 0.5) is 4.39 Å². The monoisotopic (exact) mass is 100 g/mol. The summed E-state index contributed by atoms with van der Waals surface area (Å²) in [5.41, 5.74) is 0. The normalized spacial score (nSPS) is 9.29. The Morgan fingerprint density at radius 3 is 2.86 bits per heavy atom. The van der Waals surface area contributed by atoms with Crippen molar-refractivity contribution in [3.8, 4) is 0 Å². The summed E-state index contributed by atoms with van der Waals surface area (Å²) in [4.78, 5) is 0. The molecule has 0 spiro atoms. The van der Waals surface area contributed by atoms with Crippen molar-refractivity contribution in [2.75, 3.05) is 0 Å². The van der Waals surface area contributed by atoms with Crippen molar-refractivity contribution < 1.29 is 8.81 Å². The largest absolute Gasteiger partial charge is 0.467 e. The van der Waals surface area contributed by atoms with E-state index in [2.05, 4.69) is 4.42 Å². The number of hydrogen-bond donors (Lipinski definition) is 0. The summed E-state index contributed by atoms with van der Waals surface area (Å²) in [6.07, 6.45) is 1.45. The zero-order valence-corrected chi connectivity index (χ0v) is 3.73. The van der Waals surface area contributed by atoms with E-state index >= 15 is 0 Å². The van der Waals surface area contributed by atoms with E-state index in [9.17, 15) is 4.39 Å². The van der Waals surface area contributed by atoms with Gasteiger partial charge < -0.3 is 4.42 Å². The molecule has 0 N–H and O–H groups in total. The van der Waals surface area contributed by atoms with Crippen LogP contribution in [0.5, 0.6) is 0 Å². The fourth-order valence-corrected chi connectivity index (χ4v) is 0.389. The van der Waals surface area contributed by atoms with Gasteiger partial charge in [-0.1, -0.05) is 0 Å². The third-order valence-corrected chi connectivity index (χ3v) is 0.712. The Labute approximate surface area is 40.8 Å². The van der Waals surface area contributed by atoms with E-state index in [1.807, 2.05) is 0 Å². The smallest absolute Gasteiger partial charge is 0.147 e. The molecule has 38 valence electrons. The van der Waals surface area contributed by atoms with Crippen LogP contribution in [-0.4, -0.2) is 0 Å². The highest BCUT2D eigenvalue weighted by atomic mass is 19.1. The van der Waals surface area contributed by atoms with Gasteiger partial charge in [0.05, 0.1) is 6.26 Å². The van der Waals surface area contributed by atoms with Crippen molar-refractivity contribution >= 4 is 0 Å². The average Bonchev–Trinajstić information content (AvgIpc) is 2.14. The van der Waals surface area contributed by atoms with Crippen LogP contribution < -0.4 is 0 Å². The van der Waals surface area contributed by atoms with Gasteiger partial charge in [0, 0.05) is 0 Å². The number of alkyl halides is 1. The van der Waals surface area contributed by atoms with E-state index in [1.54, 1.807) is 12.1 Å². The topological polar surface area (TPSA) is 13.1 Å². The summed E-state index contributed by atoms with van der Waals surface area (Å²) in [6.45, 7) is -0.507. The lowest BCUT2D eigenvalue weighted by Crippen LogP contribution is -1.64. The van der Waals surface area contributed by atoms with Crippen molar-refractivity contribution in [3.05, 3.63) is 24.2 Å². The van der Waals surface area contributed by atoms with Crippen molar-refractivity contribution in [1.29, 1.82) is 0 Å². The molecule has 1 aromatic heterocycles. The predicted octanol–water partition coefficient (Wildman–Crippen LogP) is 1.75. The summed E-state index contributed by atoms with van der Waals surface area (Å²) in [6, 6.07) is 3.26. The van der Waals surface area contributed by atoms with Crippen molar-refractivity contribution in [2.45, 2.75) is 6.67 Å². The Morgan fingerprint density at radius 1 is 1.71 bits per heavy atom. The van der Waals surface area contributed by atoms with E-state index in [1.165, 1.54) is 6.26 Å². The molecule has 0 atom stereocenters. The van der Waals surface area contributed by atoms with E-state index < -0.39 is 6.67 Å². The minimum absolute atomic E-state index is 0.389. The Morgan fingerprint density at radius 2 is 2.57 bits per heavy atom. The highest BCUT2D eigenvalue weighted by molar-refractivity contribution is 4.95. The molecule has 1 aromatic rings. The lowest BCUT2D eigenvalue weighted by Gasteiger charge is -1.76. The molecule has 0 bridgehead atoms. The summed E-state index contributed by atoms with van der Waals surface area (Å²) < 4.78 is 16.1. The van der Waals surface area contributed by atoms with Crippen molar-refractivity contribution in [3.63, 3.8) is 0 Å². The maximum Gasteiger partial charge on any atom is 0.147 e. The van der Waals surface area contributed by atoms with E-state index in [-0.39, 0.29) is 0 Å². The quantitative estimate of drug-likeness (QED) is 0.524. The molecule has 0 fully saturated rings. The predicted molar refractivity (Wildman–Crippen MR) is 23.5 cm³/mol. The zero-order valence-electron chi connectivity index (χ0n) is 3.73. The van der Waals surface area contributed by atoms with E-state index in [0.29, 0.717) is 5.76 Å². The van der Waals surface area contributed by atoms with Crippen LogP contribution in [0.2, 0.25) is 0 Å². The molecule has 0 aliphatic carbocycles. The molecule has 0 aliphatic rings. The Kier molecular flexibility index (Phi) is 1.11. The second-order valence-corrected chi connectivity index (χ2v) is 1.21. The first-order chi connectivity index (χ1) is 3.43. The van der Waals surface area contributed by atoms with Crippen molar-refractivity contribution in [2.24, 2.45) is 0 Å². The van der Waals surface area contributed by atoms with Crippen LogP contribution in [0.25, 0.3) is 0 Å². The maximum absolute atomic E-state index is 11.5. The van der Waals surface area contributed by atoms with Crippen LogP contribution in [0, 0.1) is 0 Å². The Hall–Kier alpha value is -0.790. The van der Waals surface area contributed by atoms with Crippen LogP contribution in [0.3, 0.4) is 0 Å². The van der Waals surface area contributed by atoms with Gasteiger partial charge in [0.2, 0.25) is 0 Å². The highest BCUT2D eigenvalue weighted by Gasteiger charge is 1.87. The molecule has 7 heavy (non-hydrogen) atoms. The Balaban J connectivity index is 2.76. The Bertz CT molecular complexity index is 123. The zero-order chi connectivity index (χ0) is 5.11. The highest BCUT2D eigenvalue weighted by Crippen LogP contribution is 1.99.